The third-order valence-corrected chi connectivity index (χ3v) is 2.08. The van der Waals surface area contributed by atoms with Crippen LogP contribution in [0.5, 0.6) is 0 Å². The largest absolute Gasteiger partial charge is 0.372 e. The van der Waals surface area contributed by atoms with Crippen molar-refractivity contribution in [1.82, 2.24) is 4.90 Å². The van der Waals surface area contributed by atoms with Crippen LogP contribution in [0.15, 0.2) is 0 Å². The van der Waals surface area contributed by atoms with E-state index in [0.717, 1.165) is 13.1 Å². The van der Waals surface area contributed by atoms with Crippen molar-refractivity contribution in [2.45, 2.75) is 32.8 Å². The number of morpholine rings is 1. The molecule has 0 radical (unpaired) electrons. The normalized spacial score (nSPS) is 22.4. The number of ether oxygens (including phenoxy) is 1. The molecule has 0 N–H and O–H groups in total. The summed E-state index contributed by atoms with van der Waals surface area (Å²) in [5.41, 5.74) is -0.164. The summed E-state index contributed by atoms with van der Waals surface area (Å²) in [4.78, 5) is 13.2. The van der Waals surface area contributed by atoms with E-state index in [9.17, 15) is 4.79 Å². The lowest BCUT2D eigenvalue weighted by Gasteiger charge is -2.38. The standard InChI is InChI=1S/C9H17NO2/c1-4-8(11)10-5-6-12-9(2,3)7-10/h4-7H2,1-3H3. The van der Waals surface area contributed by atoms with Crippen molar-refractivity contribution < 1.29 is 9.53 Å². The number of hydrogen-bond donors (Lipinski definition) is 0. The molecule has 3 nitrogen and oxygen atoms in total. The monoisotopic (exact) mass is 171 g/mol. The molecule has 3 heteroatoms. The van der Waals surface area contributed by atoms with Gasteiger partial charge in [-0.25, -0.2) is 0 Å². The molecule has 0 saturated carbocycles. The highest BCUT2D eigenvalue weighted by molar-refractivity contribution is 5.75. The lowest BCUT2D eigenvalue weighted by atomic mass is 10.1. The van der Waals surface area contributed by atoms with Gasteiger partial charge in [0.15, 0.2) is 0 Å². The van der Waals surface area contributed by atoms with Crippen LogP contribution in [0, 0.1) is 0 Å². The van der Waals surface area contributed by atoms with Crippen LogP contribution >= 0.6 is 0 Å². The van der Waals surface area contributed by atoms with Gasteiger partial charge < -0.3 is 9.64 Å². The molecule has 0 unspecified atom stereocenters. The van der Waals surface area contributed by atoms with Gasteiger partial charge in [0.25, 0.3) is 0 Å². The van der Waals surface area contributed by atoms with Gasteiger partial charge in [-0.05, 0) is 13.8 Å². The van der Waals surface area contributed by atoms with Crippen LogP contribution in [0.3, 0.4) is 0 Å². The number of nitrogens with zero attached hydrogens (tertiary/aromatic N) is 1. The van der Waals surface area contributed by atoms with Crippen molar-refractivity contribution in [3.8, 4) is 0 Å². The average Bonchev–Trinajstić information content (AvgIpc) is 2.01. The molecule has 0 spiro atoms. The Morgan fingerprint density at radius 3 is 2.75 bits per heavy atom. The molecule has 1 amide bonds. The molecule has 1 saturated heterocycles. The number of amides is 1. The van der Waals surface area contributed by atoms with Crippen LogP contribution in [0.2, 0.25) is 0 Å². The summed E-state index contributed by atoms with van der Waals surface area (Å²) in [6, 6.07) is 0. The lowest BCUT2D eigenvalue weighted by Crippen LogP contribution is -2.50. The third-order valence-electron chi connectivity index (χ3n) is 2.08. The fourth-order valence-electron chi connectivity index (χ4n) is 1.45. The van der Waals surface area contributed by atoms with Gasteiger partial charge in [0.1, 0.15) is 0 Å². The number of hydrogen-bond acceptors (Lipinski definition) is 2. The first-order valence-electron chi connectivity index (χ1n) is 4.47. The van der Waals surface area contributed by atoms with E-state index in [4.69, 9.17) is 4.74 Å². The molecular formula is C9H17NO2. The summed E-state index contributed by atoms with van der Waals surface area (Å²) in [7, 11) is 0. The molecule has 70 valence electrons. The maximum absolute atomic E-state index is 11.3. The highest BCUT2D eigenvalue weighted by Gasteiger charge is 2.28. The first-order chi connectivity index (χ1) is 5.55. The summed E-state index contributed by atoms with van der Waals surface area (Å²) < 4.78 is 5.50. The maximum atomic E-state index is 11.3. The predicted octanol–water partition coefficient (Wildman–Crippen LogP) is 1.03. The molecule has 1 aliphatic rings. The Hall–Kier alpha value is -0.570. The highest BCUT2D eigenvalue weighted by atomic mass is 16.5. The van der Waals surface area contributed by atoms with Gasteiger partial charge in [-0.2, -0.15) is 0 Å². The molecule has 0 aromatic heterocycles. The number of carbonyl (C=O) groups excluding carboxylic acids is 1. The minimum atomic E-state index is -0.164. The molecule has 0 atom stereocenters. The Balaban J connectivity index is 2.52. The Labute approximate surface area is 73.7 Å². The van der Waals surface area contributed by atoms with Crippen molar-refractivity contribution in [2.75, 3.05) is 19.7 Å². The van der Waals surface area contributed by atoms with E-state index >= 15 is 0 Å². The molecule has 1 fully saturated rings. The molecular weight excluding hydrogens is 154 g/mol. The fraction of sp³-hybridized carbons (Fsp3) is 0.889. The molecule has 1 aliphatic heterocycles. The second-order valence-electron chi connectivity index (χ2n) is 3.78. The molecule has 0 aliphatic carbocycles. The van der Waals surface area contributed by atoms with Gasteiger partial charge in [-0.1, -0.05) is 6.92 Å². The summed E-state index contributed by atoms with van der Waals surface area (Å²) in [5.74, 6) is 0.228. The van der Waals surface area contributed by atoms with Crippen LogP contribution < -0.4 is 0 Å². The molecule has 0 aromatic rings. The van der Waals surface area contributed by atoms with Crippen LogP contribution in [-0.4, -0.2) is 36.1 Å². The topological polar surface area (TPSA) is 29.5 Å². The average molecular weight is 171 g/mol. The van der Waals surface area contributed by atoms with Crippen LogP contribution in [0.25, 0.3) is 0 Å². The van der Waals surface area contributed by atoms with Gasteiger partial charge in [0, 0.05) is 19.5 Å². The van der Waals surface area contributed by atoms with Crippen molar-refractivity contribution in [2.24, 2.45) is 0 Å². The van der Waals surface area contributed by atoms with Crippen LogP contribution in [0.4, 0.5) is 0 Å². The maximum Gasteiger partial charge on any atom is 0.222 e. The van der Waals surface area contributed by atoms with Crippen molar-refractivity contribution >= 4 is 5.91 Å². The molecule has 1 heterocycles. The van der Waals surface area contributed by atoms with E-state index in [0.29, 0.717) is 13.0 Å². The third kappa shape index (κ3) is 2.21. The van der Waals surface area contributed by atoms with Crippen LogP contribution in [-0.2, 0) is 9.53 Å². The SMILES string of the molecule is CCC(=O)N1CCOC(C)(C)C1. The predicted molar refractivity (Wildman–Crippen MR) is 46.9 cm³/mol. The van der Waals surface area contributed by atoms with Gasteiger partial charge in [0.05, 0.1) is 12.2 Å². The Kier molecular flexibility index (Phi) is 2.73. The van der Waals surface area contributed by atoms with Gasteiger partial charge in [-0.3, -0.25) is 4.79 Å². The second kappa shape index (κ2) is 3.44. The minimum Gasteiger partial charge on any atom is -0.372 e. The van der Waals surface area contributed by atoms with Crippen molar-refractivity contribution in [3.63, 3.8) is 0 Å². The van der Waals surface area contributed by atoms with Gasteiger partial charge in [0.2, 0.25) is 5.91 Å². The highest BCUT2D eigenvalue weighted by Crippen LogP contribution is 2.16. The number of carbonyl (C=O) groups is 1. The Morgan fingerprint density at radius 2 is 2.25 bits per heavy atom. The lowest BCUT2D eigenvalue weighted by molar-refractivity contribution is -0.145. The fourth-order valence-corrected chi connectivity index (χ4v) is 1.45. The first kappa shape index (κ1) is 9.52. The smallest absolute Gasteiger partial charge is 0.222 e. The quantitative estimate of drug-likeness (QED) is 0.590. The second-order valence-corrected chi connectivity index (χ2v) is 3.78. The Bertz CT molecular complexity index is 177. The van der Waals surface area contributed by atoms with E-state index in [1.54, 1.807) is 0 Å². The molecule has 1 rings (SSSR count). The summed E-state index contributed by atoms with van der Waals surface area (Å²) in [5, 5.41) is 0. The zero-order valence-corrected chi connectivity index (χ0v) is 8.09. The summed E-state index contributed by atoms with van der Waals surface area (Å²) >= 11 is 0. The molecule has 12 heavy (non-hydrogen) atoms. The van der Waals surface area contributed by atoms with Gasteiger partial charge in [-0.15, -0.1) is 0 Å². The summed E-state index contributed by atoms with van der Waals surface area (Å²) in [6.07, 6.45) is 0.593. The van der Waals surface area contributed by atoms with Gasteiger partial charge >= 0.3 is 0 Å². The number of rotatable bonds is 1. The first-order valence-corrected chi connectivity index (χ1v) is 4.47. The zero-order valence-electron chi connectivity index (χ0n) is 8.09. The minimum absolute atomic E-state index is 0.164. The van der Waals surface area contributed by atoms with Crippen molar-refractivity contribution in [3.05, 3.63) is 0 Å². The molecule has 0 bridgehead atoms. The van der Waals surface area contributed by atoms with Crippen LogP contribution in [0.1, 0.15) is 27.2 Å². The van der Waals surface area contributed by atoms with E-state index in [1.807, 2.05) is 25.7 Å². The van der Waals surface area contributed by atoms with E-state index in [-0.39, 0.29) is 11.5 Å². The Morgan fingerprint density at radius 1 is 1.58 bits per heavy atom. The van der Waals surface area contributed by atoms with Crippen molar-refractivity contribution in [1.29, 1.82) is 0 Å². The van der Waals surface area contributed by atoms with E-state index in [2.05, 4.69) is 0 Å². The zero-order chi connectivity index (χ0) is 9.19. The van der Waals surface area contributed by atoms with E-state index < -0.39 is 0 Å². The van der Waals surface area contributed by atoms with E-state index in [1.165, 1.54) is 0 Å². The molecule has 0 aromatic carbocycles. The summed E-state index contributed by atoms with van der Waals surface area (Å²) in [6.45, 7) is 8.06.